The molecule has 0 fully saturated rings. The highest BCUT2D eigenvalue weighted by atomic mass is 32.2. The lowest BCUT2D eigenvalue weighted by atomic mass is 10.0. The van der Waals surface area contributed by atoms with Gasteiger partial charge >= 0.3 is 0 Å². The van der Waals surface area contributed by atoms with Crippen LogP contribution in [0.15, 0.2) is 52.6 Å². The number of unbranched alkanes of at least 4 members (excludes halogenated alkanes) is 1. The number of rotatable bonds is 5. The fourth-order valence-electron chi connectivity index (χ4n) is 3.21. The van der Waals surface area contributed by atoms with E-state index in [-0.39, 0.29) is 5.37 Å². The molecule has 0 unspecified atom stereocenters. The first-order valence-electron chi connectivity index (χ1n) is 9.76. The van der Waals surface area contributed by atoms with Crippen LogP contribution in [-0.4, -0.2) is 32.8 Å². The Morgan fingerprint density at radius 2 is 1.97 bits per heavy atom. The molecule has 1 aliphatic heterocycles. The molecule has 1 N–H and O–H groups in total. The lowest BCUT2D eigenvalue weighted by molar-refractivity contribution is 0.437. The third-order valence-corrected chi connectivity index (χ3v) is 6.43. The number of hydrogen-bond donors (Lipinski definition) is 1. The summed E-state index contributed by atoms with van der Waals surface area (Å²) in [7, 11) is 0. The minimum atomic E-state index is 0.0167. The van der Waals surface area contributed by atoms with Crippen molar-refractivity contribution < 1.29 is 0 Å². The van der Waals surface area contributed by atoms with E-state index >= 15 is 0 Å². The first-order valence-corrected chi connectivity index (χ1v) is 11.5. The van der Waals surface area contributed by atoms with E-state index in [0.29, 0.717) is 0 Å². The zero-order valence-corrected chi connectivity index (χ0v) is 18.4. The van der Waals surface area contributed by atoms with Crippen molar-refractivity contribution in [1.82, 2.24) is 15.2 Å². The number of hydrazone groups is 1. The molecule has 0 aliphatic carbocycles. The Morgan fingerprint density at radius 1 is 1.14 bits per heavy atom. The van der Waals surface area contributed by atoms with Gasteiger partial charge in [0, 0.05) is 6.54 Å². The van der Waals surface area contributed by atoms with Gasteiger partial charge in [-0.3, -0.25) is 10.3 Å². The number of aliphatic imine (C=N–C) groups is 1. The molecule has 4 rings (SSSR count). The van der Waals surface area contributed by atoms with Crippen LogP contribution in [0.2, 0.25) is 0 Å². The molecule has 2 heterocycles. The van der Waals surface area contributed by atoms with Crippen molar-refractivity contribution in [2.75, 3.05) is 11.9 Å². The number of hydrogen-bond acceptors (Lipinski definition) is 6. The quantitative estimate of drug-likeness (QED) is 0.326. The zero-order chi connectivity index (χ0) is 20.2. The topological polar surface area (TPSA) is 65.8 Å². The minimum absolute atomic E-state index is 0.0167. The Kier molecular flexibility index (Phi) is 6.10. The summed E-state index contributed by atoms with van der Waals surface area (Å²) in [6.07, 6.45) is 2.13. The summed E-state index contributed by atoms with van der Waals surface area (Å²) in [4.78, 5) is 4.84. The van der Waals surface area contributed by atoms with E-state index in [1.165, 1.54) is 27.7 Å². The molecule has 0 spiro atoms. The molecule has 8 heteroatoms. The van der Waals surface area contributed by atoms with Crippen LogP contribution in [0.4, 0.5) is 5.13 Å². The van der Waals surface area contributed by atoms with Gasteiger partial charge in [-0.25, -0.2) is 5.01 Å². The van der Waals surface area contributed by atoms with E-state index in [0.717, 1.165) is 40.5 Å². The van der Waals surface area contributed by atoms with E-state index in [2.05, 4.69) is 64.9 Å². The van der Waals surface area contributed by atoms with Gasteiger partial charge in [0.15, 0.2) is 0 Å². The molecule has 150 valence electrons. The Bertz CT molecular complexity index is 1050. The first-order chi connectivity index (χ1) is 14.2. The Balaban J connectivity index is 1.71. The van der Waals surface area contributed by atoms with Crippen LogP contribution in [0.5, 0.6) is 0 Å². The van der Waals surface area contributed by atoms with Gasteiger partial charge in [-0.15, -0.1) is 10.2 Å². The lowest BCUT2D eigenvalue weighted by Crippen LogP contribution is -2.32. The van der Waals surface area contributed by atoms with Crippen LogP contribution in [0, 0.1) is 6.92 Å². The monoisotopic (exact) mass is 424 g/mol. The standard InChI is InChI=1S/C21H24N6S2/c1-4-5-13-22-20(23-21-25-24-14(2)29-21)27-19(28-15(3)26-27)18-12-8-10-16-9-6-7-11-17(16)18/h6-12,19H,4-5,13H2,1-3H3,(H,22,23,25)/t19-/m1/s1. The number of thioether (sulfide) groups is 1. The summed E-state index contributed by atoms with van der Waals surface area (Å²) >= 11 is 3.27. The summed E-state index contributed by atoms with van der Waals surface area (Å²) in [5.74, 6) is 0.719. The van der Waals surface area contributed by atoms with Gasteiger partial charge in [0.1, 0.15) is 10.4 Å². The first kappa shape index (κ1) is 19.8. The molecule has 0 saturated carbocycles. The number of benzene rings is 2. The second-order valence-electron chi connectivity index (χ2n) is 6.81. The van der Waals surface area contributed by atoms with Gasteiger partial charge < -0.3 is 0 Å². The van der Waals surface area contributed by atoms with Crippen LogP contribution in [0.25, 0.3) is 10.8 Å². The number of guanidine groups is 1. The molecule has 3 aromatic rings. The van der Waals surface area contributed by atoms with Gasteiger partial charge in [0.25, 0.3) is 0 Å². The van der Waals surface area contributed by atoms with Crippen molar-refractivity contribution in [3.63, 3.8) is 0 Å². The fourth-order valence-corrected chi connectivity index (χ4v) is 4.84. The molecule has 1 aromatic heterocycles. The third kappa shape index (κ3) is 4.43. The summed E-state index contributed by atoms with van der Waals surface area (Å²) < 4.78 is 0. The van der Waals surface area contributed by atoms with Gasteiger partial charge in [-0.1, -0.05) is 78.9 Å². The highest BCUT2D eigenvalue weighted by molar-refractivity contribution is 8.14. The predicted octanol–water partition coefficient (Wildman–Crippen LogP) is 5.65. The lowest BCUT2D eigenvalue weighted by Gasteiger charge is -2.25. The van der Waals surface area contributed by atoms with Gasteiger partial charge in [0.2, 0.25) is 11.1 Å². The number of nitrogens with one attached hydrogen (secondary N) is 1. The van der Waals surface area contributed by atoms with Crippen molar-refractivity contribution in [3.05, 3.63) is 53.0 Å². The maximum atomic E-state index is 4.84. The van der Waals surface area contributed by atoms with E-state index < -0.39 is 0 Å². The Hall–Kier alpha value is -2.45. The van der Waals surface area contributed by atoms with E-state index in [9.17, 15) is 0 Å². The molecular weight excluding hydrogens is 400 g/mol. The van der Waals surface area contributed by atoms with Gasteiger partial charge in [-0.2, -0.15) is 5.10 Å². The summed E-state index contributed by atoms with van der Waals surface area (Å²) in [5, 5.41) is 23.7. The third-order valence-electron chi connectivity index (χ3n) is 4.58. The van der Waals surface area contributed by atoms with Crippen LogP contribution in [0.3, 0.4) is 0 Å². The van der Waals surface area contributed by atoms with E-state index in [1.54, 1.807) is 11.8 Å². The average Bonchev–Trinajstić information content (AvgIpc) is 3.32. The number of nitrogens with zero attached hydrogens (tertiary/aromatic N) is 5. The van der Waals surface area contributed by atoms with E-state index in [4.69, 9.17) is 10.1 Å². The minimum Gasteiger partial charge on any atom is -0.299 e. The molecule has 2 aromatic carbocycles. The highest BCUT2D eigenvalue weighted by Gasteiger charge is 2.32. The second kappa shape index (κ2) is 8.92. The van der Waals surface area contributed by atoms with Crippen molar-refractivity contribution >= 4 is 50.0 Å². The van der Waals surface area contributed by atoms with Gasteiger partial charge in [-0.05, 0) is 36.6 Å². The molecule has 0 saturated heterocycles. The normalized spacial score (nSPS) is 17.1. The molecule has 1 aliphatic rings. The average molecular weight is 425 g/mol. The van der Waals surface area contributed by atoms with Crippen LogP contribution in [-0.2, 0) is 0 Å². The molecule has 0 bridgehead atoms. The second-order valence-corrected chi connectivity index (χ2v) is 9.27. The number of anilines is 1. The number of fused-ring (bicyclic) bond motifs is 1. The molecule has 6 nitrogen and oxygen atoms in total. The van der Waals surface area contributed by atoms with Crippen molar-refractivity contribution in [1.29, 1.82) is 0 Å². The van der Waals surface area contributed by atoms with Crippen LogP contribution < -0.4 is 5.32 Å². The molecule has 0 amide bonds. The highest BCUT2D eigenvalue weighted by Crippen LogP contribution is 2.42. The summed E-state index contributed by atoms with van der Waals surface area (Å²) in [5.41, 5.74) is 1.23. The van der Waals surface area contributed by atoms with Crippen LogP contribution >= 0.6 is 23.1 Å². The maximum Gasteiger partial charge on any atom is 0.222 e. The Morgan fingerprint density at radius 3 is 2.76 bits per heavy atom. The van der Waals surface area contributed by atoms with E-state index in [1.807, 2.05) is 18.9 Å². The zero-order valence-electron chi connectivity index (χ0n) is 16.8. The van der Waals surface area contributed by atoms with Crippen molar-refractivity contribution in [2.45, 2.75) is 39.0 Å². The van der Waals surface area contributed by atoms with Crippen molar-refractivity contribution in [2.24, 2.45) is 10.1 Å². The summed E-state index contributed by atoms with van der Waals surface area (Å²) in [6, 6.07) is 14.9. The maximum absolute atomic E-state index is 4.84. The van der Waals surface area contributed by atoms with Gasteiger partial charge in [0.05, 0.1) is 5.04 Å². The number of aryl methyl sites for hydroxylation is 1. The smallest absolute Gasteiger partial charge is 0.222 e. The Labute approximate surface area is 179 Å². The predicted molar refractivity (Wildman–Crippen MR) is 125 cm³/mol. The van der Waals surface area contributed by atoms with Crippen LogP contribution in [0.1, 0.15) is 42.6 Å². The SMILES string of the molecule is CCCCN=C(Nc1nnc(C)s1)N1N=C(C)S[C@@H]1c1cccc2ccccc12. The van der Waals surface area contributed by atoms with Crippen molar-refractivity contribution in [3.8, 4) is 0 Å². The molecular formula is C21H24N6S2. The molecule has 1 atom stereocenters. The molecule has 29 heavy (non-hydrogen) atoms. The number of aromatic nitrogens is 2. The fraction of sp³-hybridized carbons (Fsp3) is 0.333. The summed E-state index contributed by atoms with van der Waals surface area (Å²) in [6.45, 7) is 6.91. The molecule has 0 radical (unpaired) electrons. The largest absolute Gasteiger partial charge is 0.299 e.